The lowest BCUT2D eigenvalue weighted by Crippen LogP contribution is -2.20. The lowest BCUT2D eigenvalue weighted by atomic mass is 10.0. The molecule has 0 saturated heterocycles. The Hall–Kier alpha value is -2.80. The molecule has 4 nitrogen and oxygen atoms in total. The molecule has 2 aromatic rings. The van der Waals surface area contributed by atoms with Gasteiger partial charge in [0.15, 0.2) is 6.04 Å². The molecule has 0 heterocycles. The predicted molar refractivity (Wildman–Crippen MR) is 81.1 cm³/mol. The second-order valence-electron chi connectivity index (χ2n) is 5.03. The molecule has 2 aromatic carbocycles. The van der Waals surface area contributed by atoms with E-state index < -0.39 is 12.0 Å². The van der Waals surface area contributed by atoms with Crippen molar-refractivity contribution in [3.05, 3.63) is 64.7 Å². The summed E-state index contributed by atoms with van der Waals surface area (Å²) < 4.78 is 0. The summed E-state index contributed by atoms with van der Waals surface area (Å²) >= 11 is 0. The van der Waals surface area contributed by atoms with Crippen LogP contribution < -0.4 is 5.32 Å². The van der Waals surface area contributed by atoms with Crippen LogP contribution in [0.15, 0.2) is 42.5 Å². The normalized spacial score (nSPS) is 11.5. The molecule has 4 heteroatoms. The number of carboxylic acids is 1. The summed E-state index contributed by atoms with van der Waals surface area (Å²) in [5.41, 5.74) is 3.97. The molecule has 0 aliphatic rings. The number of nitriles is 1. The topological polar surface area (TPSA) is 73.1 Å². The SMILES string of the molecule is Cc1cc(C)cc(C(Nc2ccc(C#N)cc2)C(=O)O)c1. The maximum Gasteiger partial charge on any atom is 0.330 e. The molecule has 0 spiro atoms. The zero-order valence-electron chi connectivity index (χ0n) is 11.9. The van der Waals surface area contributed by atoms with Crippen LogP contribution in [-0.2, 0) is 4.79 Å². The van der Waals surface area contributed by atoms with Gasteiger partial charge in [-0.25, -0.2) is 4.79 Å². The Morgan fingerprint density at radius 3 is 2.19 bits per heavy atom. The number of hydrogen-bond acceptors (Lipinski definition) is 3. The van der Waals surface area contributed by atoms with Gasteiger partial charge in [-0.3, -0.25) is 0 Å². The first-order valence-electron chi connectivity index (χ1n) is 6.57. The lowest BCUT2D eigenvalue weighted by Gasteiger charge is -2.17. The summed E-state index contributed by atoms with van der Waals surface area (Å²) in [4.78, 5) is 11.5. The van der Waals surface area contributed by atoms with Crippen LogP contribution in [0.1, 0.15) is 28.3 Å². The molecule has 0 aliphatic carbocycles. The number of benzene rings is 2. The van der Waals surface area contributed by atoms with Crippen molar-refractivity contribution in [3.63, 3.8) is 0 Å². The summed E-state index contributed by atoms with van der Waals surface area (Å²) in [7, 11) is 0. The standard InChI is InChI=1S/C17H16N2O2/c1-11-7-12(2)9-14(8-11)16(17(20)21)19-15-5-3-13(10-18)4-6-15/h3-9,16,19H,1-2H3,(H,20,21). The van der Waals surface area contributed by atoms with Crippen LogP contribution >= 0.6 is 0 Å². The van der Waals surface area contributed by atoms with Gasteiger partial charge in [-0.1, -0.05) is 29.3 Å². The lowest BCUT2D eigenvalue weighted by molar-refractivity contribution is -0.138. The van der Waals surface area contributed by atoms with Gasteiger partial charge in [0.1, 0.15) is 0 Å². The molecule has 2 N–H and O–H groups in total. The van der Waals surface area contributed by atoms with Crippen molar-refractivity contribution >= 4 is 11.7 Å². The molecular weight excluding hydrogens is 264 g/mol. The molecule has 0 aliphatic heterocycles. The van der Waals surface area contributed by atoms with Gasteiger partial charge < -0.3 is 10.4 Å². The third-order valence-electron chi connectivity index (χ3n) is 3.15. The van der Waals surface area contributed by atoms with Gasteiger partial charge >= 0.3 is 5.97 Å². The summed E-state index contributed by atoms with van der Waals surface area (Å²) in [6.45, 7) is 3.88. The van der Waals surface area contributed by atoms with Crippen molar-refractivity contribution in [2.75, 3.05) is 5.32 Å². The van der Waals surface area contributed by atoms with E-state index in [0.29, 0.717) is 16.8 Å². The Labute approximate surface area is 123 Å². The molecule has 0 saturated carbocycles. The molecular formula is C17H16N2O2. The van der Waals surface area contributed by atoms with E-state index in [-0.39, 0.29) is 0 Å². The molecule has 0 aromatic heterocycles. The second kappa shape index (κ2) is 6.10. The number of anilines is 1. The number of nitrogens with one attached hydrogen (secondary N) is 1. The van der Waals surface area contributed by atoms with Crippen LogP contribution in [0.5, 0.6) is 0 Å². The van der Waals surface area contributed by atoms with Gasteiger partial charge in [-0.15, -0.1) is 0 Å². The Morgan fingerprint density at radius 2 is 1.71 bits per heavy atom. The molecule has 0 radical (unpaired) electrons. The second-order valence-corrected chi connectivity index (χ2v) is 5.03. The van der Waals surface area contributed by atoms with Crippen molar-refractivity contribution in [1.82, 2.24) is 0 Å². The summed E-state index contributed by atoms with van der Waals surface area (Å²) in [6, 6.07) is 13.7. The average Bonchev–Trinajstić information content (AvgIpc) is 2.44. The number of aliphatic carboxylic acids is 1. The van der Waals surface area contributed by atoms with Gasteiger partial charge in [0.05, 0.1) is 11.6 Å². The fourth-order valence-electron chi connectivity index (χ4n) is 2.27. The van der Waals surface area contributed by atoms with Gasteiger partial charge in [-0.05, 0) is 43.7 Å². The monoisotopic (exact) mass is 280 g/mol. The summed E-state index contributed by atoms with van der Waals surface area (Å²) in [5, 5.41) is 21.2. The van der Waals surface area contributed by atoms with Crippen LogP contribution in [0.2, 0.25) is 0 Å². The van der Waals surface area contributed by atoms with E-state index in [1.807, 2.05) is 38.1 Å². The van der Waals surface area contributed by atoms with Gasteiger partial charge in [-0.2, -0.15) is 5.26 Å². The maximum absolute atomic E-state index is 11.5. The third kappa shape index (κ3) is 3.61. The number of carbonyl (C=O) groups is 1. The first-order valence-corrected chi connectivity index (χ1v) is 6.57. The number of aryl methyl sites for hydroxylation is 2. The maximum atomic E-state index is 11.5. The van der Waals surface area contributed by atoms with Gasteiger partial charge in [0, 0.05) is 5.69 Å². The molecule has 0 amide bonds. The van der Waals surface area contributed by atoms with E-state index in [0.717, 1.165) is 11.1 Å². The van der Waals surface area contributed by atoms with Crippen molar-refractivity contribution in [3.8, 4) is 6.07 Å². The van der Waals surface area contributed by atoms with Crippen LogP contribution in [0.3, 0.4) is 0 Å². The van der Waals surface area contributed by atoms with Crippen LogP contribution in [0, 0.1) is 25.2 Å². The Kier molecular flexibility index (Phi) is 4.24. The summed E-state index contributed by atoms with van der Waals surface area (Å²) in [5.74, 6) is -0.940. The van der Waals surface area contributed by atoms with Crippen molar-refractivity contribution in [2.45, 2.75) is 19.9 Å². The highest BCUT2D eigenvalue weighted by Crippen LogP contribution is 2.22. The zero-order valence-corrected chi connectivity index (χ0v) is 11.9. The van der Waals surface area contributed by atoms with E-state index in [2.05, 4.69) is 5.32 Å². The van der Waals surface area contributed by atoms with Crippen LogP contribution in [-0.4, -0.2) is 11.1 Å². The minimum atomic E-state index is -0.940. The molecule has 21 heavy (non-hydrogen) atoms. The quantitative estimate of drug-likeness (QED) is 0.900. The molecule has 1 atom stereocenters. The number of carboxylic acid groups (broad SMARTS) is 1. The average molecular weight is 280 g/mol. The predicted octanol–water partition coefficient (Wildman–Crippen LogP) is 3.41. The summed E-state index contributed by atoms with van der Waals surface area (Å²) in [6.07, 6.45) is 0. The first-order chi connectivity index (χ1) is 9.99. The molecule has 0 fully saturated rings. The van der Waals surface area contributed by atoms with E-state index in [1.54, 1.807) is 24.3 Å². The Balaban J connectivity index is 2.30. The van der Waals surface area contributed by atoms with Crippen molar-refractivity contribution in [2.24, 2.45) is 0 Å². The Morgan fingerprint density at radius 1 is 1.14 bits per heavy atom. The van der Waals surface area contributed by atoms with E-state index >= 15 is 0 Å². The highest BCUT2D eigenvalue weighted by atomic mass is 16.4. The Bertz CT molecular complexity index is 679. The van der Waals surface area contributed by atoms with Gasteiger partial charge in [0.25, 0.3) is 0 Å². The van der Waals surface area contributed by atoms with Crippen LogP contribution in [0.25, 0.3) is 0 Å². The molecule has 0 bridgehead atoms. The van der Waals surface area contributed by atoms with E-state index in [9.17, 15) is 9.90 Å². The minimum absolute atomic E-state index is 0.541. The van der Waals surface area contributed by atoms with Gasteiger partial charge in [0.2, 0.25) is 0 Å². The fourth-order valence-corrected chi connectivity index (χ4v) is 2.27. The number of hydrogen-bond donors (Lipinski definition) is 2. The third-order valence-corrected chi connectivity index (χ3v) is 3.15. The largest absolute Gasteiger partial charge is 0.479 e. The zero-order chi connectivity index (χ0) is 15.4. The van der Waals surface area contributed by atoms with Crippen molar-refractivity contribution < 1.29 is 9.90 Å². The smallest absolute Gasteiger partial charge is 0.330 e. The van der Waals surface area contributed by atoms with E-state index in [4.69, 9.17) is 5.26 Å². The highest BCUT2D eigenvalue weighted by Gasteiger charge is 2.20. The van der Waals surface area contributed by atoms with E-state index in [1.165, 1.54) is 0 Å². The first kappa shape index (κ1) is 14.6. The molecule has 106 valence electrons. The molecule has 1 unspecified atom stereocenters. The van der Waals surface area contributed by atoms with Crippen molar-refractivity contribution in [1.29, 1.82) is 5.26 Å². The minimum Gasteiger partial charge on any atom is -0.479 e. The van der Waals surface area contributed by atoms with Crippen LogP contribution in [0.4, 0.5) is 5.69 Å². The number of rotatable bonds is 4. The fraction of sp³-hybridized carbons (Fsp3) is 0.176. The molecule has 2 rings (SSSR count). The number of nitrogens with zero attached hydrogens (tertiary/aromatic N) is 1. The highest BCUT2D eigenvalue weighted by molar-refractivity contribution is 5.79.